The van der Waals surface area contributed by atoms with Crippen LogP contribution in [0.4, 0.5) is 0 Å². The Morgan fingerprint density at radius 1 is 1.38 bits per heavy atom. The predicted molar refractivity (Wildman–Crippen MR) is 74.7 cm³/mol. The Bertz CT molecular complexity index is 536. The van der Waals surface area contributed by atoms with Crippen LogP contribution in [0.15, 0.2) is 6.20 Å². The number of likely N-dealkylation sites (tertiary alicyclic amines) is 1. The minimum Gasteiger partial charge on any atom is -0.346 e. The maximum Gasteiger partial charge on any atom is 0.230 e. The number of aromatic nitrogens is 2. The van der Waals surface area contributed by atoms with E-state index in [4.69, 9.17) is 9.47 Å². The molecule has 1 amide bonds. The SMILES string of the molecule is O=C([C@@H]1CCCc2[nH]ncc21)N1CCCC2(C1)OCCO2. The fraction of sp³-hybridized carbons (Fsp3) is 0.733. The zero-order chi connectivity index (χ0) is 14.3. The molecule has 1 aromatic heterocycles. The summed E-state index contributed by atoms with van der Waals surface area (Å²) in [6.45, 7) is 2.64. The van der Waals surface area contributed by atoms with Gasteiger partial charge < -0.3 is 14.4 Å². The van der Waals surface area contributed by atoms with Crippen LogP contribution in [-0.4, -0.2) is 53.1 Å². The van der Waals surface area contributed by atoms with Gasteiger partial charge in [-0.3, -0.25) is 9.89 Å². The summed E-state index contributed by atoms with van der Waals surface area (Å²) in [5.74, 6) is -0.387. The topological polar surface area (TPSA) is 67.5 Å². The van der Waals surface area contributed by atoms with E-state index in [1.54, 1.807) is 0 Å². The van der Waals surface area contributed by atoms with Crippen molar-refractivity contribution in [2.45, 2.75) is 43.8 Å². The largest absolute Gasteiger partial charge is 0.346 e. The van der Waals surface area contributed by atoms with Crippen LogP contribution in [0, 0.1) is 0 Å². The van der Waals surface area contributed by atoms with Gasteiger partial charge in [0.15, 0.2) is 5.79 Å². The van der Waals surface area contributed by atoms with Gasteiger partial charge in [0, 0.05) is 24.2 Å². The predicted octanol–water partition coefficient (Wildman–Crippen LogP) is 1.20. The van der Waals surface area contributed by atoms with Crippen molar-refractivity contribution >= 4 is 5.91 Å². The molecule has 1 N–H and O–H groups in total. The van der Waals surface area contributed by atoms with Crippen LogP contribution in [0.3, 0.4) is 0 Å². The van der Waals surface area contributed by atoms with Gasteiger partial charge in [-0.15, -0.1) is 0 Å². The molecule has 0 radical (unpaired) electrons. The maximum atomic E-state index is 12.9. The molecule has 3 aliphatic rings. The second-order valence-corrected chi connectivity index (χ2v) is 6.22. The molecule has 0 aromatic carbocycles. The number of rotatable bonds is 1. The number of fused-ring (bicyclic) bond motifs is 1. The second-order valence-electron chi connectivity index (χ2n) is 6.22. The summed E-state index contributed by atoms with van der Waals surface area (Å²) in [5.41, 5.74) is 2.21. The van der Waals surface area contributed by atoms with E-state index < -0.39 is 5.79 Å². The maximum absolute atomic E-state index is 12.9. The van der Waals surface area contributed by atoms with E-state index >= 15 is 0 Å². The quantitative estimate of drug-likeness (QED) is 0.844. The molecule has 1 aromatic rings. The van der Waals surface area contributed by atoms with Gasteiger partial charge in [0.1, 0.15) is 0 Å². The Morgan fingerprint density at radius 2 is 2.24 bits per heavy atom. The molecule has 2 fully saturated rings. The summed E-state index contributed by atoms with van der Waals surface area (Å²) in [5, 5.41) is 7.13. The molecule has 6 heteroatoms. The molecule has 0 bridgehead atoms. The van der Waals surface area contributed by atoms with Gasteiger partial charge in [-0.25, -0.2) is 0 Å². The van der Waals surface area contributed by atoms with Gasteiger partial charge in [0.05, 0.1) is 31.9 Å². The molecule has 1 aliphatic carbocycles. The average Bonchev–Trinajstić information content (AvgIpc) is 3.15. The summed E-state index contributed by atoms with van der Waals surface area (Å²) < 4.78 is 11.5. The number of H-pyrrole nitrogens is 1. The third kappa shape index (κ3) is 2.26. The number of carbonyl (C=O) groups is 1. The molecule has 21 heavy (non-hydrogen) atoms. The molecular weight excluding hydrogens is 270 g/mol. The second kappa shape index (κ2) is 5.10. The summed E-state index contributed by atoms with van der Waals surface area (Å²) in [6.07, 6.45) is 6.60. The van der Waals surface area contributed by atoms with Gasteiger partial charge in [0.2, 0.25) is 5.91 Å². The van der Waals surface area contributed by atoms with Crippen LogP contribution in [0.2, 0.25) is 0 Å². The van der Waals surface area contributed by atoms with E-state index in [-0.39, 0.29) is 11.8 Å². The molecule has 4 rings (SSSR count). The Labute approximate surface area is 123 Å². The molecular formula is C15H21N3O3. The molecule has 3 heterocycles. The summed E-state index contributed by atoms with van der Waals surface area (Å²) in [4.78, 5) is 14.9. The number of aromatic amines is 1. The molecule has 1 spiro atoms. The van der Waals surface area contributed by atoms with E-state index in [1.807, 2.05) is 11.1 Å². The van der Waals surface area contributed by atoms with Crippen molar-refractivity contribution in [2.75, 3.05) is 26.3 Å². The van der Waals surface area contributed by atoms with E-state index in [0.29, 0.717) is 19.8 Å². The molecule has 6 nitrogen and oxygen atoms in total. The first kappa shape index (κ1) is 13.3. The van der Waals surface area contributed by atoms with Gasteiger partial charge in [-0.1, -0.05) is 0 Å². The first-order valence-electron chi connectivity index (χ1n) is 7.86. The standard InChI is InChI=1S/C15H21N3O3/c19-14(11-3-1-4-13-12(11)9-16-17-13)18-6-2-5-15(10-18)20-7-8-21-15/h9,11H,1-8,10H2,(H,16,17)/t11-/m1/s1. The lowest BCUT2D eigenvalue weighted by atomic mass is 9.85. The van der Waals surface area contributed by atoms with Crippen molar-refractivity contribution in [3.8, 4) is 0 Å². The first-order chi connectivity index (χ1) is 10.3. The third-order valence-electron chi connectivity index (χ3n) is 4.89. The van der Waals surface area contributed by atoms with Crippen molar-refractivity contribution in [1.29, 1.82) is 0 Å². The highest BCUT2D eigenvalue weighted by atomic mass is 16.7. The minimum atomic E-state index is -0.540. The van der Waals surface area contributed by atoms with Gasteiger partial charge in [0.25, 0.3) is 0 Å². The number of hydrogen-bond donors (Lipinski definition) is 1. The highest BCUT2D eigenvalue weighted by molar-refractivity contribution is 5.84. The number of piperidine rings is 1. The molecule has 0 unspecified atom stereocenters. The monoisotopic (exact) mass is 291 g/mol. The number of ether oxygens (including phenoxy) is 2. The summed E-state index contributed by atoms with van der Waals surface area (Å²) in [6, 6.07) is 0. The Morgan fingerprint density at radius 3 is 3.10 bits per heavy atom. The molecule has 0 saturated carbocycles. The van der Waals surface area contributed by atoms with E-state index in [2.05, 4.69) is 10.2 Å². The van der Waals surface area contributed by atoms with Crippen LogP contribution < -0.4 is 0 Å². The number of nitrogens with one attached hydrogen (secondary N) is 1. The Hall–Kier alpha value is -1.40. The Balaban J connectivity index is 1.53. The Kier molecular flexibility index (Phi) is 3.23. The summed E-state index contributed by atoms with van der Waals surface area (Å²) in [7, 11) is 0. The average molecular weight is 291 g/mol. The van der Waals surface area contributed by atoms with Gasteiger partial charge in [-0.05, 0) is 25.7 Å². The minimum absolute atomic E-state index is 0.0518. The molecule has 114 valence electrons. The zero-order valence-corrected chi connectivity index (χ0v) is 12.1. The molecule has 2 saturated heterocycles. The van der Waals surface area contributed by atoms with Crippen molar-refractivity contribution in [3.63, 3.8) is 0 Å². The van der Waals surface area contributed by atoms with Crippen LogP contribution in [-0.2, 0) is 20.7 Å². The highest BCUT2D eigenvalue weighted by Crippen LogP contribution is 2.35. The lowest BCUT2D eigenvalue weighted by Crippen LogP contribution is -2.52. The summed E-state index contributed by atoms with van der Waals surface area (Å²) >= 11 is 0. The van der Waals surface area contributed by atoms with Crippen LogP contribution in [0.1, 0.15) is 42.9 Å². The van der Waals surface area contributed by atoms with Gasteiger partial charge >= 0.3 is 0 Å². The lowest BCUT2D eigenvalue weighted by Gasteiger charge is -2.40. The number of amides is 1. The van der Waals surface area contributed by atoms with Crippen molar-refractivity contribution in [1.82, 2.24) is 15.1 Å². The van der Waals surface area contributed by atoms with E-state index in [9.17, 15) is 4.79 Å². The number of aryl methyl sites for hydroxylation is 1. The van der Waals surface area contributed by atoms with Crippen LogP contribution >= 0.6 is 0 Å². The number of carbonyl (C=O) groups excluding carboxylic acids is 1. The van der Waals surface area contributed by atoms with E-state index in [1.165, 1.54) is 0 Å². The van der Waals surface area contributed by atoms with Crippen LogP contribution in [0.25, 0.3) is 0 Å². The van der Waals surface area contributed by atoms with Crippen LogP contribution in [0.5, 0.6) is 0 Å². The third-order valence-corrected chi connectivity index (χ3v) is 4.89. The van der Waals surface area contributed by atoms with Gasteiger partial charge in [-0.2, -0.15) is 5.10 Å². The highest BCUT2D eigenvalue weighted by Gasteiger charge is 2.43. The first-order valence-corrected chi connectivity index (χ1v) is 7.86. The molecule has 2 aliphatic heterocycles. The zero-order valence-electron chi connectivity index (χ0n) is 12.1. The smallest absolute Gasteiger partial charge is 0.230 e. The normalized spacial score (nSPS) is 27.8. The lowest BCUT2D eigenvalue weighted by molar-refractivity contribution is -0.193. The number of nitrogens with zero attached hydrogens (tertiary/aromatic N) is 2. The molecule has 1 atom stereocenters. The van der Waals surface area contributed by atoms with Crippen molar-refractivity contribution in [2.24, 2.45) is 0 Å². The van der Waals surface area contributed by atoms with Crippen molar-refractivity contribution < 1.29 is 14.3 Å². The fourth-order valence-electron chi connectivity index (χ4n) is 3.85. The number of hydrogen-bond acceptors (Lipinski definition) is 4. The van der Waals surface area contributed by atoms with Crippen molar-refractivity contribution in [3.05, 3.63) is 17.5 Å². The fourth-order valence-corrected chi connectivity index (χ4v) is 3.85. The van der Waals surface area contributed by atoms with E-state index in [0.717, 1.165) is 49.9 Å².